The van der Waals surface area contributed by atoms with Crippen LogP contribution in [0.3, 0.4) is 0 Å². The number of hydrogen-bond acceptors (Lipinski definition) is 4. The quantitative estimate of drug-likeness (QED) is 0.854. The van der Waals surface area contributed by atoms with Crippen LogP contribution < -0.4 is 0 Å². The fraction of sp³-hybridized carbons (Fsp3) is 0.533. The van der Waals surface area contributed by atoms with Gasteiger partial charge in [0.25, 0.3) is 0 Å². The predicted octanol–water partition coefficient (Wildman–Crippen LogP) is 3.00. The highest BCUT2D eigenvalue weighted by Crippen LogP contribution is 2.24. The molecule has 1 heterocycles. The van der Waals surface area contributed by atoms with Gasteiger partial charge in [0.05, 0.1) is 27.4 Å². The Balaban J connectivity index is 2.07. The molecule has 0 spiro atoms. The molecule has 2 unspecified atom stereocenters. The minimum Gasteiger partial charge on any atom is -0.390 e. The van der Waals surface area contributed by atoms with E-state index in [9.17, 15) is 10.2 Å². The highest BCUT2D eigenvalue weighted by molar-refractivity contribution is 7.18. The molecule has 1 aromatic heterocycles. The van der Waals surface area contributed by atoms with Gasteiger partial charge in [0.1, 0.15) is 0 Å². The predicted molar refractivity (Wildman–Crippen MR) is 79.4 cm³/mol. The topological polar surface area (TPSA) is 53.4 Å². The van der Waals surface area contributed by atoms with Crippen molar-refractivity contribution >= 4 is 21.6 Å². The molecule has 2 atom stereocenters. The van der Waals surface area contributed by atoms with Gasteiger partial charge in [0.15, 0.2) is 0 Å². The molecule has 104 valence electrons. The van der Waals surface area contributed by atoms with Crippen LogP contribution in [0.5, 0.6) is 0 Å². The van der Waals surface area contributed by atoms with E-state index in [2.05, 4.69) is 4.98 Å². The summed E-state index contributed by atoms with van der Waals surface area (Å²) in [6.45, 7) is 4.09. The van der Waals surface area contributed by atoms with Crippen LogP contribution in [0.15, 0.2) is 24.3 Å². The molecule has 0 saturated carbocycles. The van der Waals surface area contributed by atoms with Gasteiger partial charge in [-0.3, -0.25) is 0 Å². The number of aliphatic hydroxyl groups excluding tert-OH is 2. The number of thiazole rings is 1. The number of aromatic nitrogens is 1. The molecule has 0 radical (unpaired) electrons. The van der Waals surface area contributed by atoms with Gasteiger partial charge < -0.3 is 10.2 Å². The number of hydrogen-bond donors (Lipinski definition) is 2. The molecule has 0 fully saturated rings. The molecule has 0 amide bonds. The summed E-state index contributed by atoms with van der Waals surface area (Å²) in [6, 6.07) is 7.94. The van der Waals surface area contributed by atoms with E-state index in [1.165, 1.54) is 0 Å². The number of benzene rings is 1. The Labute approximate surface area is 117 Å². The van der Waals surface area contributed by atoms with E-state index < -0.39 is 12.2 Å². The maximum Gasteiger partial charge on any atom is 0.0965 e. The molecule has 0 aliphatic heterocycles. The van der Waals surface area contributed by atoms with Crippen molar-refractivity contribution in [3.8, 4) is 0 Å². The molecule has 0 bridgehead atoms. The molecule has 2 N–H and O–H groups in total. The molecule has 19 heavy (non-hydrogen) atoms. The van der Waals surface area contributed by atoms with Crippen LogP contribution in [0.2, 0.25) is 0 Å². The van der Waals surface area contributed by atoms with Crippen molar-refractivity contribution in [3.05, 3.63) is 29.3 Å². The Morgan fingerprint density at radius 1 is 1.16 bits per heavy atom. The second-order valence-electron chi connectivity index (χ2n) is 4.91. The van der Waals surface area contributed by atoms with Gasteiger partial charge in [0, 0.05) is 6.42 Å². The SMILES string of the molecule is CCC(CC)C(O)C(O)Cc1nc2ccccc2s1. The summed E-state index contributed by atoms with van der Waals surface area (Å²) in [7, 11) is 0. The van der Waals surface area contributed by atoms with Crippen LogP contribution >= 0.6 is 11.3 Å². The highest BCUT2D eigenvalue weighted by Gasteiger charge is 2.24. The van der Waals surface area contributed by atoms with E-state index in [4.69, 9.17) is 0 Å². The highest BCUT2D eigenvalue weighted by atomic mass is 32.1. The molecule has 2 aromatic rings. The fourth-order valence-corrected chi connectivity index (χ4v) is 3.41. The van der Waals surface area contributed by atoms with Gasteiger partial charge in [-0.05, 0) is 18.1 Å². The zero-order valence-corrected chi connectivity index (χ0v) is 12.2. The van der Waals surface area contributed by atoms with Gasteiger partial charge in [-0.25, -0.2) is 4.98 Å². The Kier molecular flexibility index (Phi) is 4.91. The number of rotatable bonds is 6. The van der Waals surface area contributed by atoms with Gasteiger partial charge in [0.2, 0.25) is 0 Å². The molecule has 4 heteroatoms. The number of nitrogens with zero attached hydrogens (tertiary/aromatic N) is 1. The molecular formula is C15H21NO2S. The summed E-state index contributed by atoms with van der Waals surface area (Å²) in [6.07, 6.45) is 0.799. The molecule has 3 nitrogen and oxygen atoms in total. The maximum absolute atomic E-state index is 10.1. The third-order valence-corrected chi connectivity index (χ3v) is 4.71. The number of para-hydroxylation sites is 1. The number of aliphatic hydroxyl groups is 2. The van der Waals surface area contributed by atoms with Crippen molar-refractivity contribution < 1.29 is 10.2 Å². The van der Waals surface area contributed by atoms with E-state index >= 15 is 0 Å². The third kappa shape index (κ3) is 3.32. The summed E-state index contributed by atoms with van der Waals surface area (Å²) in [5.74, 6) is 0.157. The lowest BCUT2D eigenvalue weighted by atomic mass is 9.92. The van der Waals surface area contributed by atoms with Gasteiger partial charge >= 0.3 is 0 Å². The summed E-state index contributed by atoms with van der Waals surface area (Å²) in [5.41, 5.74) is 0.965. The summed E-state index contributed by atoms with van der Waals surface area (Å²) >= 11 is 1.59. The van der Waals surface area contributed by atoms with Crippen LogP contribution in [-0.2, 0) is 6.42 Å². The van der Waals surface area contributed by atoms with Crippen LogP contribution in [0.1, 0.15) is 31.7 Å². The largest absolute Gasteiger partial charge is 0.390 e. The van der Waals surface area contributed by atoms with Crippen molar-refractivity contribution in [3.63, 3.8) is 0 Å². The van der Waals surface area contributed by atoms with Crippen molar-refractivity contribution in [2.24, 2.45) is 5.92 Å². The van der Waals surface area contributed by atoms with Crippen molar-refractivity contribution in [1.29, 1.82) is 0 Å². The van der Waals surface area contributed by atoms with Gasteiger partial charge in [-0.1, -0.05) is 38.8 Å². The van der Waals surface area contributed by atoms with Crippen molar-refractivity contribution in [2.75, 3.05) is 0 Å². The Hall–Kier alpha value is -0.970. The molecule has 0 saturated heterocycles. The first-order chi connectivity index (χ1) is 9.15. The molecule has 2 rings (SSSR count). The lowest BCUT2D eigenvalue weighted by molar-refractivity contribution is -0.0187. The third-order valence-electron chi connectivity index (χ3n) is 3.65. The summed E-state index contributed by atoms with van der Waals surface area (Å²) < 4.78 is 1.13. The molecule has 0 aliphatic carbocycles. The van der Waals surface area contributed by atoms with E-state index in [1.807, 2.05) is 38.1 Å². The molecular weight excluding hydrogens is 258 g/mol. The lowest BCUT2D eigenvalue weighted by Gasteiger charge is -2.24. The first kappa shape index (κ1) is 14.4. The molecule has 1 aromatic carbocycles. The lowest BCUT2D eigenvalue weighted by Crippen LogP contribution is -2.34. The zero-order valence-electron chi connectivity index (χ0n) is 11.4. The zero-order chi connectivity index (χ0) is 13.8. The Morgan fingerprint density at radius 2 is 1.84 bits per heavy atom. The van der Waals surface area contributed by atoms with Crippen molar-refractivity contribution in [2.45, 2.75) is 45.3 Å². The first-order valence-electron chi connectivity index (χ1n) is 6.86. The Morgan fingerprint density at radius 3 is 2.47 bits per heavy atom. The van der Waals surface area contributed by atoms with E-state index in [0.29, 0.717) is 6.42 Å². The maximum atomic E-state index is 10.1. The van der Waals surface area contributed by atoms with Gasteiger partial charge in [-0.15, -0.1) is 11.3 Å². The van der Waals surface area contributed by atoms with Crippen LogP contribution in [0.4, 0.5) is 0 Å². The smallest absolute Gasteiger partial charge is 0.0965 e. The minimum absolute atomic E-state index is 0.157. The van der Waals surface area contributed by atoms with E-state index in [1.54, 1.807) is 11.3 Å². The average Bonchev–Trinajstić information content (AvgIpc) is 2.82. The molecule has 0 aliphatic rings. The first-order valence-corrected chi connectivity index (χ1v) is 7.67. The van der Waals surface area contributed by atoms with E-state index in [-0.39, 0.29) is 5.92 Å². The fourth-order valence-electron chi connectivity index (χ4n) is 2.39. The number of fused-ring (bicyclic) bond motifs is 1. The van der Waals surface area contributed by atoms with Crippen LogP contribution in [-0.4, -0.2) is 27.4 Å². The second kappa shape index (κ2) is 6.46. The standard InChI is InChI=1S/C15H21NO2S/c1-3-10(4-2)15(18)12(17)9-14-16-11-7-5-6-8-13(11)19-14/h5-8,10,12,15,17-18H,3-4,9H2,1-2H3. The second-order valence-corrected chi connectivity index (χ2v) is 6.03. The summed E-state index contributed by atoms with van der Waals surface area (Å²) in [5, 5.41) is 21.2. The minimum atomic E-state index is -0.731. The Bertz CT molecular complexity index is 489. The van der Waals surface area contributed by atoms with Crippen molar-refractivity contribution in [1.82, 2.24) is 4.98 Å². The normalized spacial score (nSPS) is 15.0. The van der Waals surface area contributed by atoms with E-state index in [0.717, 1.165) is 28.1 Å². The monoisotopic (exact) mass is 279 g/mol. The average molecular weight is 279 g/mol. The van der Waals surface area contributed by atoms with Gasteiger partial charge in [-0.2, -0.15) is 0 Å². The summed E-state index contributed by atoms with van der Waals surface area (Å²) in [4.78, 5) is 4.49. The van der Waals surface area contributed by atoms with Crippen LogP contribution in [0, 0.1) is 5.92 Å². The van der Waals surface area contributed by atoms with Crippen LogP contribution in [0.25, 0.3) is 10.2 Å².